The summed E-state index contributed by atoms with van der Waals surface area (Å²) in [5, 5.41) is 7.20. The smallest absolute Gasteiger partial charge is 0.252 e. The molecule has 1 aromatic rings. The maximum Gasteiger partial charge on any atom is 0.252 e. The third kappa shape index (κ3) is 3.57. The molecule has 5 heteroatoms. The minimum Gasteiger partial charge on any atom is -0.370 e. The molecule has 1 aliphatic rings. The minimum absolute atomic E-state index is 0.416. The van der Waals surface area contributed by atoms with Crippen LogP contribution in [0.3, 0.4) is 0 Å². The van der Waals surface area contributed by atoms with Crippen molar-refractivity contribution in [3.8, 4) is 0 Å². The van der Waals surface area contributed by atoms with Gasteiger partial charge in [-0.1, -0.05) is 19.0 Å². The lowest BCUT2D eigenvalue weighted by atomic mass is 10.4. The van der Waals surface area contributed by atoms with Crippen molar-refractivity contribution in [1.82, 2.24) is 15.5 Å². The Morgan fingerprint density at radius 2 is 2.31 bits per heavy atom. The zero-order chi connectivity index (χ0) is 11.4. The number of nitrogens with zero attached hydrogens (tertiary/aromatic N) is 2. The number of rotatable bonds is 7. The third-order valence-corrected chi connectivity index (χ3v) is 2.45. The standard InChI is InChI=1S/C11H19N3O2/c1-8(2)12-5-6-15-7-10-13-11(14-16-10)9-3-4-9/h8-9,12H,3-7H2,1-2H3. The maximum absolute atomic E-state index is 5.42. The second-order valence-corrected chi connectivity index (χ2v) is 4.48. The van der Waals surface area contributed by atoms with Crippen LogP contribution in [0.5, 0.6) is 0 Å². The molecular weight excluding hydrogens is 206 g/mol. The van der Waals surface area contributed by atoms with E-state index >= 15 is 0 Å². The molecule has 0 atom stereocenters. The summed E-state index contributed by atoms with van der Waals surface area (Å²) < 4.78 is 10.5. The van der Waals surface area contributed by atoms with E-state index in [9.17, 15) is 0 Å². The summed E-state index contributed by atoms with van der Waals surface area (Å²) in [6.07, 6.45) is 2.39. The molecule has 0 amide bonds. The lowest BCUT2D eigenvalue weighted by Crippen LogP contribution is -2.26. The zero-order valence-electron chi connectivity index (χ0n) is 9.90. The summed E-state index contributed by atoms with van der Waals surface area (Å²) >= 11 is 0. The van der Waals surface area contributed by atoms with Crippen LogP contribution in [0.1, 0.15) is 44.3 Å². The number of ether oxygens (including phenoxy) is 1. The van der Waals surface area contributed by atoms with E-state index in [0.717, 1.165) is 12.4 Å². The molecule has 1 N–H and O–H groups in total. The summed E-state index contributed by atoms with van der Waals surface area (Å²) in [6.45, 7) is 6.15. The van der Waals surface area contributed by atoms with E-state index in [1.807, 2.05) is 0 Å². The largest absolute Gasteiger partial charge is 0.370 e. The lowest BCUT2D eigenvalue weighted by Gasteiger charge is -2.06. The van der Waals surface area contributed by atoms with Crippen molar-refractivity contribution in [2.45, 2.75) is 45.3 Å². The molecule has 0 unspecified atom stereocenters. The van der Waals surface area contributed by atoms with Crippen LogP contribution in [0.2, 0.25) is 0 Å². The molecule has 0 aliphatic heterocycles. The molecule has 1 aliphatic carbocycles. The van der Waals surface area contributed by atoms with Gasteiger partial charge in [-0.3, -0.25) is 0 Å². The van der Waals surface area contributed by atoms with E-state index in [2.05, 4.69) is 29.3 Å². The van der Waals surface area contributed by atoms with Crippen molar-refractivity contribution in [1.29, 1.82) is 0 Å². The van der Waals surface area contributed by atoms with Gasteiger partial charge in [-0.2, -0.15) is 4.98 Å². The van der Waals surface area contributed by atoms with Gasteiger partial charge in [0.05, 0.1) is 6.61 Å². The van der Waals surface area contributed by atoms with Gasteiger partial charge in [-0.05, 0) is 12.8 Å². The first-order valence-electron chi connectivity index (χ1n) is 5.89. The number of hydrogen-bond acceptors (Lipinski definition) is 5. The first-order chi connectivity index (χ1) is 7.75. The summed E-state index contributed by atoms with van der Waals surface area (Å²) in [7, 11) is 0. The minimum atomic E-state index is 0.416. The Labute approximate surface area is 95.6 Å². The average molecular weight is 225 g/mol. The summed E-state index contributed by atoms with van der Waals surface area (Å²) in [5.41, 5.74) is 0. The van der Waals surface area contributed by atoms with Crippen molar-refractivity contribution in [2.75, 3.05) is 13.2 Å². The van der Waals surface area contributed by atoms with Crippen LogP contribution in [0.15, 0.2) is 4.52 Å². The highest BCUT2D eigenvalue weighted by Crippen LogP contribution is 2.38. The Morgan fingerprint density at radius 1 is 1.50 bits per heavy atom. The van der Waals surface area contributed by atoms with Gasteiger partial charge in [0.25, 0.3) is 5.89 Å². The summed E-state index contributed by atoms with van der Waals surface area (Å²) in [5.74, 6) is 1.98. The Morgan fingerprint density at radius 3 is 3.00 bits per heavy atom. The van der Waals surface area contributed by atoms with Crippen molar-refractivity contribution < 1.29 is 9.26 Å². The van der Waals surface area contributed by atoms with E-state index in [-0.39, 0.29) is 0 Å². The molecule has 1 fully saturated rings. The molecule has 0 saturated heterocycles. The van der Waals surface area contributed by atoms with Gasteiger partial charge >= 0.3 is 0 Å². The van der Waals surface area contributed by atoms with Gasteiger partial charge in [0, 0.05) is 18.5 Å². The molecule has 0 radical (unpaired) electrons. The second kappa shape index (κ2) is 5.41. The number of aromatic nitrogens is 2. The summed E-state index contributed by atoms with van der Waals surface area (Å²) in [6, 6.07) is 0.494. The van der Waals surface area contributed by atoms with Crippen molar-refractivity contribution in [3.63, 3.8) is 0 Å². The quantitative estimate of drug-likeness (QED) is 0.712. The van der Waals surface area contributed by atoms with Crippen molar-refractivity contribution in [3.05, 3.63) is 11.7 Å². The molecule has 2 rings (SSSR count). The van der Waals surface area contributed by atoms with E-state index in [4.69, 9.17) is 9.26 Å². The maximum atomic E-state index is 5.42. The SMILES string of the molecule is CC(C)NCCOCc1nc(C2CC2)no1. The van der Waals surface area contributed by atoms with Crippen molar-refractivity contribution in [2.24, 2.45) is 0 Å². The first-order valence-corrected chi connectivity index (χ1v) is 5.89. The molecular formula is C11H19N3O2. The van der Waals surface area contributed by atoms with Crippen LogP contribution in [0.25, 0.3) is 0 Å². The Kier molecular flexibility index (Phi) is 3.90. The van der Waals surface area contributed by atoms with E-state index in [0.29, 0.717) is 31.1 Å². The normalized spacial score (nSPS) is 15.9. The van der Waals surface area contributed by atoms with Crippen molar-refractivity contribution >= 4 is 0 Å². The van der Waals surface area contributed by atoms with Crippen LogP contribution in [0, 0.1) is 0 Å². The molecule has 0 aromatic carbocycles. The fourth-order valence-electron chi connectivity index (χ4n) is 1.41. The second-order valence-electron chi connectivity index (χ2n) is 4.48. The average Bonchev–Trinajstić information content (AvgIpc) is 2.99. The van der Waals surface area contributed by atoms with Crippen LogP contribution >= 0.6 is 0 Å². The molecule has 90 valence electrons. The topological polar surface area (TPSA) is 60.2 Å². The highest BCUT2D eigenvalue weighted by Gasteiger charge is 2.28. The molecule has 5 nitrogen and oxygen atoms in total. The van der Waals surface area contributed by atoms with Crippen LogP contribution in [0.4, 0.5) is 0 Å². The van der Waals surface area contributed by atoms with E-state index in [1.165, 1.54) is 12.8 Å². The van der Waals surface area contributed by atoms with Crippen LogP contribution < -0.4 is 5.32 Å². The van der Waals surface area contributed by atoms with Crippen LogP contribution in [-0.2, 0) is 11.3 Å². The van der Waals surface area contributed by atoms with Crippen LogP contribution in [-0.4, -0.2) is 29.3 Å². The predicted octanol–water partition coefficient (Wildman–Crippen LogP) is 1.46. The fourth-order valence-corrected chi connectivity index (χ4v) is 1.41. The summed E-state index contributed by atoms with van der Waals surface area (Å²) in [4.78, 5) is 4.28. The van der Waals surface area contributed by atoms with Gasteiger partial charge in [-0.25, -0.2) is 0 Å². The fraction of sp³-hybridized carbons (Fsp3) is 0.818. The Hall–Kier alpha value is -0.940. The van der Waals surface area contributed by atoms with Gasteiger partial charge in [0.2, 0.25) is 0 Å². The Balaban J connectivity index is 1.61. The Bertz CT molecular complexity index is 321. The van der Waals surface area contributed by atoms with E-state index in [1.54, 1.807) is 0 Å². The third-order valence-electron chi connectivity index (χ3n) is 2.45. The number of hydrogen-bond donors (Lipinski definition) is 1. The van der Waals surface area contributed by atoms with E-state index < -0.39 is 0 Å². The van der Waals surface area contributed by atoms with Gasteiger partial charge < -0.3 is 14.6 Å². The molecule has 1 saturated carbocycles. The molecule has 0 bridgehead atoms. The lowest BCUT2D eigenvalue weighted by molar-refractivity contribution is 0.0984. The molecule has 1 aromatic heterocycles. The van der Waals surface area contributed by atoms with Gasteiger partial charge in [0.15, 0.2) is 5.82 Å². The highest BCUT2D eigenvalue weighted by atomic mass is 16.5. The molecule has 1 heterocycles. The number of nitrogens with one attached hydrogen (secondary N) is 1. The van der Waals surface area contributed by atoms with Gasteiger partial charge in [-0.15, -0.1) is 0 Å². The first kappa shape index (κ1) is 11.5. The highest BCUT2D eigenvalue weighted by molar-refractivity contribution is 5.02. The van der Waals surface area contributed by atoms with Gasteiger partial charge in [0.1, 0.15) is 6.61 Å². The monoisotopic (exact) mass is 225 g/mol. The molecule has 16 heavy (non-hydrogen) atoms. The predicted molar refractivity (Wildman–Crippen MR) is 59.1 cm³/mol. The zero-order valence-corrected chi connectivity index (χ0v) is 9.90. The molecule has 0 spiro atoms.